The van der Waals surface area contributed by atoms with Crippen LogP contribution >= 0.6 is 0 Å². The molecule has 0 radical (unpaired) electrons. The SMILES string of the molecule is O=C(Nc1ccccc1F)NC1C[C@H]2CC[C@@H](C1)N2Cc1ccco1. The fraction of sp³-hybridized carbons (Fsp3) is 0.421. The van der Waals surface area contributed by atoms with Crippen LogP contribution in [0.5, 0.6) is 0 Å². The number of halogens is 1. The summed E-state index contributed by atoms with van der Waals surface area (Å²) in [5.41, 5.74) is 0.207. The molecule has 2 bridgehead atoms. The zero-order valence-electron chi connectivity index (χ0n) is 14.0. The maximum absolute atomic E-state index is 13.6. The number of amides is 2. The maximum Gasteiger partial charge on any atom is 0.319 e. The molecule has 1 unspecified atom stereocenters. The van der Waals surface area contributed by atoms with E-state index in [-0.39, 0.29) is 17.8 Å². The minimum absolute atomic E-state index is 0.122. The number of nitrogens with one attached hydrogen (secondary N) is 2. The van der Waals surface area contributed by atoms with Crippen LogP contribution in [0.25, 0.3) is 0 Å². The van der Waals surface area contributed by atoms with Gasteiger partial charge in [0.25, 0.3) is 0 Å². The molecule has 2 fully saturated rings. The third-order valence-electron chi connectivity index (χ3n) is 5.26. The highest BCUT2D eigenvalue weighted by atomic mass is 19.1. The van der Waals surface area contributed by atoms with E-state index in [0.29, 0.717) is 12.1 Å². The van der Waals surface area contributed by atoms with Crippen LogP contribution in [-0.4, -0.2) is 29.1 Å². The number of carbonyl (C=O) groups is 1. The highest BCUT2D eigenvalue weighted by molar-refractivity contribution is 5.89. The number of carbonyl (C=O) groups excluding carboxylic acids is 1. The highest BCUT2D eigenvalue weighted by Gasteiger charge is 2.41. The smallest absolute Gasteiger partial charge is 0.319 e. The van der Waals surface area contributed by atoms with Crippen molar-refractivity contribution in [2.24, 2.45) is 0 Å². The number of rotatable bonds is 4. The number of hydrogen-bond donors (Lipinski definition) is 2. The zero-order chi connectivity index (χ0) is 17.2. The van der Waals surface area contributed by atoms with E-state index in [9.17, 15) is 9.18 Å². The first-order chi connectivity index (χ1) is 12.2. The Balaban J connectivity index is 1.33. The van der Waals surface area contributed by atoms with Gasteiger partial charge in [0, 0.05) is 18.1 Å². The van der Waals surface area contributed by atoms with Gasteiger partial charge in [0.1, 0.15) is 11.6 Å². The van der Waals surface area contributed by atoms with Crippen LogP contribution in [0.3, 0.4) is 0 Å². The molecular weight excluding hydrogens is 321 g/mol. The molecule has 2 aliphatic rings. The van der Waals surface area contributed by atoms with Gasteiger partial charge in [0.2, 0.25) is 0 Å². The summed E-state index contributed by atoms with van der Waals surface area (Å²) in [6.07, 6.45) is 5.85. The van der Waals surface area contributed by atoms with E-state index in [4.69, 9.17) is 4.42 Å². The van der Waals surface area contributed by atoms with Crippen molar-refractivity contribution < 1.29 is 13.6 Å². The third-order valence-corrected chi connectivity index (χ3v) is 5.26. The summed E-state index contributed by atoms with van der Waals surface area (Å²) in [4.78, 5) is 14.7. The molecule has 0 spiro atoms. The quantitative estimate of drug-likeness (QED) is 0.889. The van der Waals surface area contributed by atoms with Crippen LogP contribution in [0.15, 0.2) is 47.1 Å². The fourth-order valence-corrected chi connectivity index (χ4v) is 4.14. The van der Waals surface area contributed by atoms with E-state index in [1.807, 2.05) is 12.1 Å². The van der Waals surface area contributed by atoms with E-state index in [0.717, 1.165) is 38.0 Å². The number of anilines is 1. The summed E-state index contributed by atoms with van der Waals surface area (Å²) in [6.45, 7) is 0.830. The van der Waals surface area contributed by atoms with Gasteiger partial charge in [0.05, 0.1) is 18.5 Å². The lowest BCUT2D eigenvalue weighted by Crippen LogP contribution is -2.50. The molecule has 3 atom stereocenters. The Kier molecular flexibility index (Phi) is 4.44. The molecule has 2 amide bonds. The van der Waals surface area contributed by atoms with Gasteiger partial charge in [-0.05, 0) is 49.9 Å². The van der Waals surface area contributed by atoms with Gasteiger partial charge in [-0.3, -0.25) is 4.90 Å². The second kappa shape index (κ2) is 6.88. The van der Waals surface area contributed by atoms with E-state index in [1.165, 1.54) is 6.07 Å². The van der Waals surface area contributed by atoms with Crippen molar-refractivity contribution >= 4 is 11.7 Å². The molecule has 1 aromatic heterocycles. The van der Waals surface area contributed by atoms with Gasteiger partial charge in [-0.2, -0.15) is 0 Å². The Hall–Kier alpha value is -2.34. The summed E-state index contributed by atoms with van der Waals surface area (Å²) in [5, 5.41) is 5.61. The zero-order valence-corrected chi connectivity index (χ0v) is 14.0. The molecule has 25 heavy (non-hydrogen) atoms. The van der Waals surface area contributed by atoms with Gasteiger partial charge < -0.3 is 15.1 Å². The second-order valence-corrected chi connectivity index (χ2v) is 6.88. The number of nitrogens with zero attached hydrogens (tertiary/aromatic N) is 1. The molecule has 6 heteroatoms. The predicted octanol–water partition coefficient (Wildman–Crippen LogP) is 3.74. The molecule has 2 N–H and O–H groups in total. The molecule has 0 aliphatic carbocycles. The van der Waals surface area contributed by atoms with E-state index in [2.05, 4.69) is 15.5 Å². The number of hydrogen-bond acceptors (Lipinski definition) is 3. The van der Waals surface area contributed by atoms with Gasteiger partial charge in [-0.15, -0.1) is 0 Å². The standard InChI is InChI=1S/C19H22FN3O2/c20-17-5-1-2-6-18(17)22-19(24)21-13-10-14-7-8-15(11-13)23(14)12-16-4-3-9-25-16/h1-6,9,13-15H,7-8,10-12H2,(H2,21,22,24)/t13?,14-,15+. The Morgan fingerprint density at radius 2 is 1.92 bits per heavy atom. The maximum atomic E-state index is 13.6. The lowest BCUT2D eigenvalue weighted by molar-refractivity contribution is 0.104. The Morgan fingerprint density at radius 1 is 1.16 bits per heavy atom. The monoisotopic (exact) mass is 343 g/mol. The first-order valence-electron chi connectivity index (χ1n) is 8.79. The van der Waals surface area contributed by atoms with Crippen LogP contribution in [0.4, 0.5) is 14.9 Å². The third kappa shape index (κ3) is 3.54. The Labute approximate surface area is 146 Å². The molecule has 1 aromatic carbocycles. The van der Waals surface area contributed by atoms with E-state index >= 15 is 0 Å². The minimum atomic E-state index is -0.425. The van der Waals surface area contributed by atoms with Crippen molar-refractivity contribution in [2.75, 3.05) is 5.32 Å². The van der Waals surface area contributed by atoms with Crippen molar-refractivity contribution in [3.05, 3.63) is 54.2 Å². The Bertz CT molecular complexity index is 720. The molecule has 0 saturated carbocycles. The molecule has 2 aliphatic heterocycles. The minimum Gasteiger partial charge on any atom is -0.468 e. The van der Waals surface area contributed by atoms with Gasteiger partial charge in [-0.1, -0.05) is 12.1 Å². The molecule has 5 nitrogen and oxygen atoms in total. The average Bonchev–Trinajstić information content (AvgIpc) is 3.17. The van der Waals surface area contributed by atoms with Crippen LogP contribution in [-0.2, 0) is 6.54 Å². The average molecular weight is 343 g/mol. The number of furan rings is 1. The van der Waals surface area contributed by atoms with Gasteiger partial charge in [0.15, 0.2) is 0 Å². The molecule has 3 heterocycles. The number of para-hydroxylation sites is 1. The summed E-state index contributed by atoms with van der Waals surface area (Å²) in [6, 6.07) is 10.8. The first kappa shape index (κ1) is 16.1. The van der Waals surface area contributed by atoms with Gasteiger partial charge >= 0.3 is 6.03 Å². The lowest BCUT2D eigenvalue weighted by atomic mass is 9.97. The number of urea groups is 1. The predicted molar refractivity (Wildman–Crippen MR) is 92.6 cm³/mol. The van der Waals surface area contributed by atoms with Crippen LogP contribution in [0.1, 0.15) is 31.4 Å². The summed E-state index contributed by atoms with van der Waals surface area (Å²) in [7, 11) is 0. The van der Waals surface area contributed by atoms with Crippen LogP contribution in [0.2, 0.25) is 0 Å². The first-order valence-corrected chi connectivity index (χ1v) is 8.79. The van der Waals surface area contributed by atoms with Crippen molar-refractivity contribution in [3.63, 3.8) is 0 Å². The fourth-order valence-electron chi connectivity index (χ4n) is 4.14. The Morgan fingerprint density at radius 3 is 2.60 bits per heavy atom. The van der Waals surface area contributed by atoms with Crippen molar-refractivity contribution in [3.8, 4) is 0 Å². The molecule has 4 rings (SSSR count). The van der Waals surface area contributed by atoms with E-state index in [1.54, 1.807) is 24.5 Å². The number of fused-ring (bicyclic) bond motifs is 2. The topological polar surface area (TPSA) is 57.5 Å². The molecular formula is C19H22FN3O2. The van der Waals surface area contributed by atoms with Crippen molar-refractivity contribution in [2.45, 2.75) is 50.4 Å². The van der Waals surface area contributed by atoms with Crippen molar-refractivity contribution in [1.29, 1.82) is 0 Å². The number of benzene rings is 1. The summed E-state index contributed by atoms with van der Waals surface area (Å²) >= 11 is 0. The van der Waals surface area contributed by atoms with Crippen LogP contribution in [0, 0.1) is 5.82 Å². The van der Waals surface area contributed by atoms with Gasteiger partial charge in [-0.25, -0.2) is 9.18 Å². The van der Waals surface area contributed by atoms with Crippen LogP contribution < -0.4 is 10.6 Å². The normalized spacial score (nSPS) is 25.7. The van der Waals surface area contributed by atoms with E-state index < -0.39 is 5.82 Å². The second-order valence-electron chi connectivity index (χ2n) is 6.88. The largest absolute Gasteiger partial charge is 0.468 e. The molecule has 2 aromatic rings. The molecule has 2 saturated heterocycles. The highest BCUT2D eigenvalue weighted by Crippen LogP contribution is 2.36. The summed E-state index contributed by atoms with van der Waals surface area (Å²) in [5.74, 6) is 0.562. The molecule has 132 valence electrons. The van der Waals surface area contributed by atoms with Crippen molar-refractivity contribution in [1.82, 2.24) is 10.2 Å². The summed E-state index contributed by atoms with van der Waals surface area (Å²) < 4.78 is 19.1. The lowest BCUT2D eigenvalue weighted by Gasteiger charge is -2.38. The number of piperidine rings is 1.